The van der Waals surface area contributed by atoms with E-state index in [1.54, 1.807) is 0 Å². The van der Waals surface area contributed by atoms with Crippen molar-refractivity contribution in [2.24, 2.45) is 5.92 Å². The highest BCUT2D eigenvalue weighted by atomic mass is 16.5. The Morgan fingerprint density at radius 1 is 1.38 bits per heavy atom. The van der Waals surface area contributed by atoms with Crippen molar-refractivity contribution in [1.82, 2.24) is 5.32 Å². The molecule has 0 aliphatic carbocycles. The zero-order chi connectivity index (χ0) is 12.6. The fourth-order valence-electron chi connectivity index (χ4n) is 1.24. The predicted molar refractivity (Wildman–Crippen MR) is 60.1 cm³/mol. The third kappa shape index (κ3) is 5.70. The van der Waals surface area contributed by atoms with Crippen LogP contribution < -0.4 is 5.32 Å². The minimum Gasteiger partial charge on any atom is -0.480 e. The molecule has 0 spiro atoms. The lowest BCUT2D eigenvalue weighted by atomic mass is 9.99. The van der Waals surface area contributed by atoms with Crippen LogP contribution in [0.4, 0.5) is 0 Å². The zero-order valence-electron chi connectivity index (χ0n) is 10.2. The summed E-state index contributed by atoms with van der Waals surface area (Å²) < 4.78 is 5.02. The van der Waals surface area contributed by atoms with Gasteiger partial charge < -0.3 is 15.2 Å². The summed E-state index contributed by atoms with van der Waals surface area (Å²) in [6.45, 7) is 6.43. The Hall–Kier alpha value is -1.10. The second-order valence-corrected chi connectivity index (χ2v) is 3.72. The number of carboxylic acids is 1. The molecule has 0 saturated heterocycles. The number of nitrogens with one attached hydrogen (secondary N) is 1. The fourth-order valence-corrected chi connectivity index (χ4v) is 1.24. The first-order chi connectivity index (χ1) is 7.52. The molecule has 94 valence electrons. The van der Waals surface area contributed by atoms with Gasteiger partial charge in [0.2, 0.25) is 5.91 Å². The first kappa shape index (κ1) is 14.9. The first-order valence-electron chi connectivity index (χ1n) is 5.62. The van der Waals surface area contributed by atoms with Gasteiger partial charge in [-0.3, -0.25) is 4.79 Å². The van der Waals surface area contributed by atoms with E-state index in [0.717, 1.165) is 0 Å². The normalized spacial score (nSPS) is 14.2. The molecule has 2 N–H and O–H groups in total. The molecule has 5 nitrogen and oxygen atoms in total. The zero-order valence-corrected chi connectivity index (χ0v) is 10.2. The maximum absolute atomic E-state index is 11.4. The van der Waals surface area contributed by atoms with Crippen LogP contribution in [0.15, 0.2) is 0 Å². The minimum atomic E-state index is -0.987. The van der Waals surface area contributed by atoms with Crippen LogP contribution in [0.5, 0.6) is 0 Å². The number of hydrogen-bond donors (Lipinski definition) is 2. The molecule has 0 aromatic heterocycles. The lowest BCUT2D eigenvalue weighted by Crippen LogP contribution is -2.45. The van der Waals surface area contributed by atoms with Crippen molar-refractivity contribution in [3.63, 3.8) is 0 Å². The Balaban J connectivity index is 4.09. The number of carboxylic acid groups (broad SMARTS) is 1. The molecule has 0 fully saturated rings. The van der Waals surface area contributed by atoms with Crippen molar-refractivity contribution >= 4 is 11.9 Å². The SMILES string of the molecule is CCOCCC(=O)NC(C(=O)O)C(C)CC. The van der Waals surface area contributed by atoms with Gasteiger partial charge in [0.25, 0.3) is 0 Å². The standard InChI is InChI=1S/C11H21NO4/c1-4-8(3)10(11(14)15)12-9(13)6-7-16-5-2/h8,10H,4-7H2,1-3H3,(H,12,13)(H,14,15). The van der Waals surface area contributed by atoms with Crippen molar-refractivity contribution in [3.8, 4) is 0 Å². The summed E-state index contributed by atoms with van der Waals surface area (Å²) in [6.07, 6.45) is 0.913. The third-order valence-electron chi connectivity index (χ3n) is 2.47. The monoisotopic (exact) mass is 231 g/mol. The highest BCUT2D eigenvalue weighted by Gasteiger charge is 2.24. The van der Waals surface area contributed by atoms with Crippen molar-refractivity contribution in [2.45, 2.75) is 39.7 Å². The number of carbonyl (C=O) groups excluding carboxylic acids is 1. The molecule has 0 aliphatic heterocycles. The van der Waals surface area contributed by atoms with Gasteiger partial charge in [0, 0.05) is 13.0 Å². The largest absolute Gasteiger partial charge is 0.480 e. The van der Waals surface area contributed by atoms with E-state index >= 15 is 0 Å². The van der Waals surface area contributed by atoms with Crippen LogP contribution in [0.25, 0.3) is 0 Å². The summed E-state index contributed by atoms with van der Waals surface area (Å²) >= 11 is 0. The van der Waals surface area contributed by atoms with E-state index in [1.807, 2.05) is 20.8 Å². The van der Waals surface area contributed by atoms with E-state index in [1.165, 1.54) is 0 Å². The smallest absolute Gasteiger partial charge is 0.326 e. The highest BCUT2D eigenvalue weighted by molar-refractivity contribution is 5.83. The van der Waals surface area contributed by atoms with Crippen LogP contribution in [-0.4, -0.2) is 36.2 Å². The maximum atomic E-state index is 11.4. The average molecular weight is 231 g/mol. The summed E-state index contributed by atoms with van der Waals surface area (Å²) in [4.78, 5) is 22.3. The van der Waals surface area contributed by atoms with E-state index in [4.69, 9.17) is 9.84 Å². The molecule has 1 amide bonds. The summed E-state index contributed by atoms with van der Waals surface area (Å²) in [5, 5.41) is 11.5. The lowest BCUT2D eigenvalue weighted by Gasteiger charge is -2.20. The molecule has 0 heterocycles. The van der Waals surface area contributed by atoms with Gasteiger partial charge in [-0.05, 0) is 12.8 Å². The van der Waals surface area contributed by atoms with Crippen LogP contribution in [-0.2, 0) is 14.3 Å². The molecule has 5 heteroatoms. The molecule has 0 aromatic rings. The molecule has 0 bridgehead atoms. The molecule has 16 heavy (non-hydrogen) atoms. The van der Waals surface area contributed by atoms with E-state index in [0.29, 0.717) is 19.6 Å². The van der Waals surface area contributed by atoms with Crippen LogP contribution in [0.3, 0.4) is 0 Å². The van der Waals surface area contributed by atoms with Gasteiger partial charge in [-0.1, -0.05) is 20.3 Å². The van der Waals surface area contributed by atoms with Crippen molar-refractivity contribution < 1.29 is 19.4 Å². The highest BCUT2D eigenvalue weighted by Crippen LogP contribution is 2.08. The van der Waals surface area contributed by atoms with Crippen molar-refractivity contribution in [2.75, 3.05) is 13.2 Å². The first-order valence-corrected chi connectivity index (χ1v) is 5.62. The topological polar surface area (TPSA) is 75.6 Å². The van der Waals surface area contributed by atoms with Gasteiger partial charge in [0.1, 0.15) is 6.04 Å². The van der Waals surface area contributed by atoms with Gasteiger partial charge in [0.15, 0.2) is 0 Å². The van der Waals surface area contributed by atoms with Crippen LogP contribution >= 0.6 is 0 Å². The number of hydrogen-bond acceptors (Lipinski definition) is 3. The molecular weight excluding hydrogens is 210 g/mol. The number of ether oxygens (including phenoxy) is 1. The number of carbonyl (C=O) groups is 2. The van der Waals surface area contributed by atoms with E-state index in [9.17, 15) is 9.59 Å². The van der Waals surface area contributed by atoms with E-state index < -0.39 is 12.0 Å². The molecule has 0 aliphatic rings. The quantitative estimate of drug-likeness (QED) is 0.612. The molecule has 0 rings (SSSR count). The summed E-state index contributed by atoms with van der Waals surface area (Å²) in [6, 6.07) is -0.806. The number of aliphatic carboxylic acids is 1. The van der Waals surface area contributed by atoms with E-state index in [2.05, 4.69) is 5.32 Å². The van der Waals surface area contributed by atoms with Crippen LogP contribution in [0.1, 0.15) is 33.6 Å². The minimum absolute atomic E-state index is 0.0754. The van der Waals surface area contributed by atoms with Gasteiger partial charge in [0.05, 0.1) is 6.61 Å². The Labute approximate surface area is 96.2 Å². The van der Waals surface area contributed by atoms with Crippen LogP contribution in [0, 0.1) is 5.92 Å². The van der Waals surface area contributed by atoms with Gasteiger partial charge >= 0.3 is 5.97 Å². The average Bonchev–Trinajstić information content (AvgIpc) is 2.25. The Morgan fingerprint density at radius 3 is 2.44 bits per heavy atom. The Bertz CT molecular complexity index is 230. The molecule has 0 saturated carbocycles. The predicted octanol–water partition coefficient (Wildman–Crippen LogP) is 1.03. The van der Waals surface area contributed by atoms with Gasteiger partial charge in [-0.25, -0.2) is 4.79 Å². The van der Waals surface area contributed by atoms with Crippen molar-refractivity contribution in [3.05, 3.63) is 0 Å². The van der Waals surface area contributed by atoms with Gasteiger partial charge in [-0.15, -0.1) is 0 Å². The third-order valence-corrected chi connectivity index (χ3v) is 2.47. The maximum Gasteiger partial charge on any atom is 0.326 e. The second-order valence-electron chi connectivity index (χ2n) is 3.72. The second kappa shape index (κ2) is 8.10. The Morgan fingerprint density at radius 2 is 2.00 bits per heavy atom. The fraction of sp³-hybridized carbons (Fsp3) is 0.818. The molecule has 0 aromatic carbocycles. The van der Waals surface area contributed by atoms with Gasteiger partial charge in [-0.2, -0.15) is 0 Å². The van der Waals surface area contributed by atoms with Crippen LogP contribution in [0.2, 0.25) is 0 Å². The summed E-state index contributed by atoms with van der Waals surface area (Å²) in [5.74, 6) is -1.34. The molecule has 0 radical (unpaired) electrons. The lowest BCUT2D eigenvalue weighted by molar-refractivity contribution is -0.143. The number of rotatable bonds is 8. The summed E-state index contributed by atoms with van der Waals surface area (Å²) in [7, 11) is 0. The molecule has 2 unspecified atom stereocenters. The number of amides is 1. The van der Waals surface area contributed by atoms with E-state index in [-0.39, 0.29) is 18.2 Å². The summed E-state index contributed by atoms with van der Waals surface area (Å²) in [5.41, 5.74) is 0. The molecular formula is C11H21NO4. The van der Waals surface area contributed by atoms with Crippen molar-refractivity contribution in [1.29, 1.82) is 0 Å². The Kier molecular flexibility index (Phi) is 7.54. The molecule has 2 atom stereocenters.